The van der Waals surface area contributed by atoms with E-state index in [2.05, 4.69) is 278 Å². The lowest BCUT2D eigenvalue weighted by Crippen LogP contribution is -2.25. The van der Waals surface area contributed by atoms with Crippen molar-refractivity contribution in [2.75, 3.05) is 4.90 Å². The molecule has 3 aliphatic rings. The normalized spacial score (nSPS) is 13.9. The molecule has 0 saturated heterocycles. The van der Waals surface area contributed by atoms with Crippen LogP contribution in [0.2, 0.25) is 0 Å². The van der Waals surface area contributed by atoms with Gasteiger partial charge in [0.25, 0.3) is 0 Å². The monoisotopic (exact) mass is 916 g/mol. The van der Waals surface area contributed by atoms with Gasteiger partial charge in [0, 0.05) is 38.8 Å². The van der Waals surface area contributed by atoms with E-state index < -0.39 is 5.41 Å². The van der Waals surface area contributed by atoms with Crippen LogP contribution in [0.4, 0.5) is 17.1 Å². The number of benzene rings is 11. The number of aromatic nitrogens is 1. The van der Waals surface area contributed by atoms with Gasteiger partial charge in [0.05, 0.1) is 22.1 Å². The summed E-state index contributed by atoms with van der Waals surface area (Å²) in [6, 6.07) is 95.3. The SMILES string of the molecule is CC1(C)c2ccccc2-c2ccc(N(c3ccc4c(c3)c3ccccc3n4-c3ccccc3)c3ccccc3-c3ccccc3-c3cccc4c3-c3ccccc3C43c4ccccc4-c4ccccc43)cc21. The molecule has 0 atom stereocenters. The Balaban J connectivity index is 0.967. The van der Waals surface area contributed by atoms with E-state index in [-0.39, 0.29) is 5.41 Å². The fraction of sp³-hybridized carbons (Fsp3) is 0.0571. The standard InChI is InChI=1S/C70H48N2/c1-69(2)59-32-14-8-25-50(59)53-41-39-47(44-64(53)69)71(46-40-42-67-58(43-46)55-29-13-19-38-66(55)72(67)45-21-4-3-5-22-45)65-37-18-12-28-54(65)48-23-6-7-24-49(48)56-31-20-36-63-68(56)57-30-11-17-35-62(57)70(63)60-33-15-9-26-51(60)52-27-10-16-34-61(52)70/h3-44H,1-2H3. The van der Waals surface area contributed by atoms with Crippen molar-refractivity contribution in [1.29, 1.82) is 0 Å². The van der Waals surface area contributed by atoms with Gasteiger partial charge in [-0.3, -0.25) is 0 Å². The third-order valence-electron chi connectivity index (χ3n) is 16.4. The van der Waals surface area contributed by atoms with Gasteiger partial charge in [-0.2, -0.15) is 0 Å². The molecule has 0 bridgehead atoms. The number of anilines is 3. The summed E-state index contributed by atoms with van der Waals surface area (Å²) in [6.45, 7) is 4.76. The van der Waals surface area contributed by atoms with E-state index in [0.717, 1.165) is 28.3 Å². The molecule has 2 nitrogen and oxygen atoms in total. The van der Waals surface area contributed by atoms with Crippen LogP contribution >= 0.6 is 0 Å². The Morgan fingerprint density at radius 1 is 0.306 bits per heavy atom. The maximum absolute atomic E-state index is 2.52. The molecule has 338 valence electrons. The second kappa shape index (κ2) is 15.3. The first kappa shape index (κ1) is 40.9. The Morgan fingerprint density at radius 3 is 1.50 bits per heavy atom. The van der Waals surface area contributed by atoms with Crippen molar-refractivity contribution < 1.29 is 0 Å². The van der Waals surface area contributed by atoms with Crippen molar-refractivity contribution in [3.63, 3.8) is 0 Å². The third kappa shape index (κ3) is 5.49. The highest BCUT2D eigenvalue weighted by molar-refractivity contribution is 6.11. The minimum absolute atomic E-state index is 0.172. The molecule has 1 aromatic heterocycles. The Morgan fingerprint density at radius 2 is 0.778 bits per heavy atom. The highest BCUT2D eigenvalue weighted by Gasteiger charge is 2.52. The molecule has 0 unspecified atom stereocenters. The van der Waals surface area contributed by atoms with Crippen molar-refractivity contribution in [2.24, 2.45) is 0 Å². The summed E-state index contributed by atoms with van der Waals surface area (Å²) in [6.07, 6.45) is 0. The first-order valence-corrected chi connectivity index (χ1v) is 25.3. The fourth-order valence-corrected chi connectivity index (χ4v) is 13.4. The summed E-state index contributed by atoms with van der Waals surface area (Å²) in [5.41, 5.74) is 27.0. The highest BCUT2D eigenvalue weighted by Crippen LogP contribution is 2.64. The van der Waals surface area contributed by atoms with Crippen molar-refractivity contribution in [2.45, 2.75) is 24.7 Å². The van der Waals surface area contributed by atoms with Crippen LogP contribution in [0.15, 0.2) is 255 Å². The summed E-state index contributed by atoms with van der Waals surface area (Å²) in [7, 11) is 0. The van der Waals surface area contributed by atoms with E-state index in [1.54, 1.807) is 0 Å². The molecule has 1 spiro atoms. The van der Waals surface area contributed by atoms with Crippen molar-refractivity contribution in [1.82, 2.24) is 4.57 Å². The van der Waals surface area contributed by atoms with Crippen LogP contribution in [0, 0.1) is 0 Å². The van der Waals surface area contributed by atoms with Crippen LogP contribution in [0.25, 0.3) is 83.1 Å². The topological polar surface area (TPSA) is 8.17 Å². The van der Waals surface area contributed by atoms with Gasteiger partial charge in [-0.05, 0) is 138 Å². The van der Waals surface area contributed by atoms with Gasteiger partial charge in [0.15, 0.2) is 0 Å². The van der Waals surface area contributed by atoms with E-state index in [9.17, 15) is 0 Å². The second-order valence-corrected chi connectivity index (χ2v) is 20.3. The van der Waals surface area contributed by atoms with E-state index in [1.807, 2.05) is 0 Å². The zero-order valence-corrected chi connectivity index (χ0v) is 40.1. The molecule has 15 rings (SSSR count). The molecule has 2 heteroatoms. The Bertz CT molecular complexity index is 4160. The Kier molecular flexibility index (Phi) is 8.66. The average molecular weight is 917 g/mol. The van der Waals surface area contributed by atoms with Crippen LogP contribution in [0.1, 0.15) is 47.2 Å². The van der Waals surface area contributed by atoms with Gasteiger partial charge in [-0.15, -0.1) is 0 Å². The van der Waals surface area contributed by atoms with Crippen LogP contribution in [-0.4, -0.2) is 4.57 Å². The highest BCUT2D eigenvalue weighted by atomic mass is 15.1. The molecule has 0 saturated carbocycles. The summed E-state index contributed by atoms with van der Waals surface area (Å²) in [5.74, 6) is 0. The van der Waals surface area contributed by atoms with Gasteiger partial charge in [-0.25, -0.2) is 0 Å². The van der Waals surface area contributed by atoms with E-state index in [0.29, 0.717) is 0 Å². The van der Waals surface area contributed by atoms with Crippen LogP contribution < -0.4 is 4.90 Å². The number of hydrogen-bond donors (Lipinski definition) is 0. The minimum Gasteiger partial charge on any atom is -0.310 e. The van der Waals surface area contributed by atoms with Crippen LogP contribution in [0.3, 0.4) is 0 Å². The zero-order chi connectivity index (χ0) is 47.7. The molecule has 0 radical (unpaired) electrons. The maximum atomic E-state index is 2.52. The average Bonchev–Trinajstić information content (AvgIpc) is 4.11. The maximum Gasteiger partial charge on any atom is 0.0725 e. The lowest BCUT2D eigenvalue weighted by molar-refractivity contribution is 0.660. The van der Waals surface area contributed by atoms with Crippen molar-refractivity contribution in [3.05, 3.63) is 288 Å². The van der Waals surface area contributed by atoms with E-state index in [4.69, 9.17) is 0 Å². The zero-order valence-electron chi connectivity index (χ0n) is 40.1. The molecule has 1 heterocycles. The Labute approximate surface area is 420 Å². The Hall–Kier alpha value is -8.98. The summed E-state index contributed by atoms with van der Waals surface area (Å²) in [5, 5.41) is 2.44. The number of para-hydroxylation sites is 3. The lowest BCUT2D eigenvalue weighted by Gasteiger charge is -2.31. The smallest absolute Gasteiger partial charge is 0.0725 e. The molecule has 0 fully saturated rings. The van der Waals surface area contributed by atoms with Crippen molar-refractivity contribution >= 4 is 38.9 Å². The number of fused-ring (bicyclic) bond motifs is 16. The first-order chi connectivity index (χ1) is 35.5. The summed E-state index contributed by atoms with van der Waals surface area (Å²) < 4.78 is 2.40. The van der Waals surface area contributed by atoms with Crippen molar-refractivity contribution in [3.8, 4) is 61.3 Å². The van der Waals surface area contributed by atoms with Gasteiger partial charge < -0.3 is 9.47 Å². The van der Waals surface area contributed by atoms with Gasteiger partial charge in [-0.1, -0.05) is 214 Å². The van der Waals surface area contributed by atoms with Crippen LogP contribution in [-0.2, 0) is 10.8 Å². The number of nitrogens with zero attached hydrogens (tertiary/aromatic N) is 2. The molecule has 0 N–H and O–H groups in total. The largest absolute Gasteiger partial charge is 0.310 e. The summed E-state index contributed by atoms with van der Waals surface area (Å²) in [4.78, 5) is 2.52. The first-order valence-electron chi connectivity index (χ1n) is 25.3. The molecular weight excluding hydrogens is 869 g/mol. The number of hydrogen-bond acceptors (Lipinski definition) is 1. The van der Waals surface area contributed by atoms with Gasteiger partial charge in [0.2, 0.25) is 0 Å². The fourth-order valence-electron chi connectivity index (χ4n) is 13.4. The van der Waals surface area contributed by atoms with Gasteiger partial charge >= 0.3 is 0 Å². The molecule has 3 aliphatic carbocycles. The van der Waals surface area contributed by atoms with E-state index >= 15 is 0 Å². The molecule has 0 amide bonds. The summed E-state index contributed by atoms with van der Waals surface area (Å²) >= 11 is 0. The predicted octanol–water partition coefficient (Wildman–Crippen LogP) is 18.2. The molecule has 0 aliphatic heterocycles. The molecule has 11 aromatic carbocycles. The van der Waals surface area contributed by atoms with E-state index in [1.165, 1.54) is 105 Å². The molecular formula is C70H48N2. The quantitative estimate of drug-likeness (QED) is 0.161. The second-order valence-electron chi connectivity index (χ2n) is 20.3. The molecule has 12 aromatic rings. The van der Waals surface area contributed by atoms with Crippen LogP contribution in [0.5, 0.6) is 0 Å². The molecule has 72 heavy (non-hydrogen) atoms. The predicted molar refractivity (Wildman–Crippen MR) is 300 cm³/mol. The number of rotatable bonds is 6. The lowest BCUT2D eigenvalue weighted by atomic mass is 9.70. The minimum atomic E-state index is -0.429. The van der Waals surface area contributed by atoms with Gasteiger partial charge in [0.1, 0.15) is 0 Å². The third-order valence-corrected chi connectivity index (χ3v) is 16.4.